The quantitative estimate of drug-likeness (QED) is 0.618. The first-order valence-corrected chi connectivity index (χ1v) is 11.1. The number of carbonyl (C=O) groups excluding carboxylic acids is 1. The Morgan fingerprint density at radius 2 is 1.68 bits per heavy atom. The summed E-state index contributed by atoms with van der Waals surface area (Å²) >= 11 is 0. The summed E-state index contributed by atoms with van der Waals surface area (Å²) in [6.07, 6.45) is 1.50. The highest BCUT2D eigenvalue weighted by atomic mass is 32.2. The minimum atomic E-state index is -4.21. The molecule has 10 heteroatoms. The number of sulfonamides is 1. The van der Waals surface area contributed by atoms with E-state index in [0.717, 1.165) is 22.1 Å². The molecule has 4 rings (SSSR count). The molecule has 7 nitrogen and oxygen atoms in total. The Labute approximate surface area is 178 Å². The molecule has 0 N–H and O–H groups in total. The molecule has 0 aliphatic carbocycles. The van der Waals surface area contributed by atoms with E-state index in [9.17, 15) is 22.0 Å². The highest BCUT2D eigenvalue weighted by Gasteiger charge is 2.33. The SMILES string of the molecule is Cc1c(C(=O)N2CCN(S(=O)(=O)c3cc(F)ccc3F)CC2)cnn1-c1ccccc1. The summed E-state index contributed by atoms with van der Waals surface area (Å²) in [6.45, 7) is 2.02. The van der Waals surface area contributed by atoms with E-state index in [-0.39, 0.29) is 32.1 Å². The minimum absolute atomic E-state index is 0.0180. The van der Waals surface area contributed by atoms with Crippen LogP contribution in [0.25, 0.3) is 5.69 Å². The zero-order chi connectivity index (χ0) is 22.2. The van der Waals surface area contributed by atoms with Gasteiger partial charge in [0.25, 0.3) is 5.91 Å². The second-order valence-electron chi connectivity index (χ2n) is 7.16. The summed E-state index contributed by atoms with van der Waals surface area (Å²) in [4.78, 5) is 13.8. The fourth-order valence-electron chi connectivity index (χ4n) is 3.56. The van der Waals surface area contributed by atoms with Crippen molar-refractivity contribution in [1.82, 2.24) is 19.0 Å². The van der Waals surface area contributed by atoms with Gasteiger partial charge in [-0.25, -0.2) is 21.9 Å². The number of piperazine rings is 1. The molecule has 0 atom stereocenters. The highest BCUT2D eigenvalue weighted by molar-refractivity contribution is 7.89. The number of nitrogens with zero attached hydrogens (tertiary/aromatic N) is 4. The summed E-state index contributed by atoms with van der Waals surface area (Å²) in [5.74, 6) is -2.10. The van der Waals surface area contributed by atoms with Crippen molar-refractivity contribution in [2.75, 3.05) is 26.2 Å². The second kappa shape index (κ2) is 8.20. The molecule has 2 aromatic carbocycles. The van der Waals surface area contributed by atoms with Gasteiger partial charge in [-0.3, -0.25) is 4.79 Å². The van der Waals surface area contributed by atoms with Crippen molar-refractivity contribution in [1.29, 1.82) is 0 Å². The monoisotopic (exact) mass is 446 g/mol. The number of benzene rings is 2. The van der Waals surface area contributed by atoms with Gasteiger partial charge in [0.2, 0.25) is 10.0 Å². The standard InChI is InChI=1S/C21H20F2N4O3S/c1-15-18(14-24-27(15)17-5-3-2-4-6-17)21(28)25-9-11-26(12-10-25)31(29,30)20-13-16(22)7-8-19(20)23/h2-8,13-14H,9-12H2,1H3. The second-order valence-corrected chi connectivity index (χ2v) is 9.07. The molecule has 0 radical (unpaired) electrons. The third-order valence-corrected chi connectivity index (χ3v) is 7.19. The molecule has 0 saturated carbocycles. The van der Waals surface area contributed by atoms with Crippen molar-refractivity contribution in [3.05, 3.63) is 77.6 Å². The maximum Gasteiger partial charge on any atom is 0.257 e. The maximum atomic E-state index is 14.0. The van der Waals surface area contributed by atoms with Gasteiger partial charge in [-0.1, -0.05) is 18.2 Å². The van der Waals surface area contributed by atoms with E-state index in [4.69, 9.17) is 0 Å². The Morgan fingerprint density at radius 1 is 1.00 bits per heavy atom. The third kappa shape index (κ3) is 3.96. The molecule has 1 aliphatic heterocycles. The van der Waals surface area contributed by atoms with Crippen LogP contribution in [0.5, 0.6) is 0 Å². The number of rotatable bonds is 4. The van der Waals surface area contributed by atoms with Crippen molar-refractivity contribution in [3.63, 3.8) is 0 Å². The molecule has 0 spiro atoms. The van der Waals surface area contributed by atoms with Crippen LogP contribution in [0.4, 0.5) is 8.78 Å². The third-order valence-electron chi connectivity index (χ3n) is 5.28. The van der Waals surface area contributed by atoms with Crippen molar-refractivity contribution >= 4 is 15.9 Å². The Kier molecular flexibility index (Phi) is 5.59. The number of carbonyl (C=O) groups is 1. The van der Waals surface area contributed by atoms with E-state index in [1.54, 1.807) is 11.6 Å². The average molecular weight is 446 g/mol. The van der Waals surface area contributed by atoms with Crippen LogP contribution in [0.1, 0.15) is 16.1 Å². The number of halogens is 2. The number of hydrogen-bond acceptors (Lipinski definition) is 4. The van der Waals surface area contributed by atoms with Crippen LogP contribution in [-0.2, 0) is 10.0 Å². The molecule has 2 heterocycles. The predicted octanol–water partition coefficient (Wildman–Crippen LogP) is 2.61. The first kappa shape index (κ1) is 21.1. The van der Waals surface area contributed by atoms with Crippen molar-refractivity contribution < 1.29 is 22.0 Å². The van der Waals surface area contributed by atoms with Crippen LogP contribution >= 0.6 is 0 Å². The Morgan fingerprint density at radius 3 is 2.35 bits per heavy atom. The molecule has 1 amide bonds. The molecule has 3 aromatic rings. The number of para-hydroxylation sites is 1. The van der Waals surface area contributed by atoms with Crippen molar-refractivity contribution in [3.8, 4) is 5.69 Å². The van der Waals surface area contributed by atoms with E-state index in [1.807, 2.05) is 30.3 Å². The van der Waals surface area contributed by atoms with Gasteiger partial charge in [0, 0.05) is 26.2 Å². The first-order chi connectivity index (χ1) is 14.8. The van der Waals surface area contributed by atoms with Gasteiger partial charge in [-0.05, 0) is 37.3 Å². The van der Waals surface area contributed by atoms with E-state index in [2.05, 4.69) is 5.10 Å². The lowest BCUT2D eigenvalue weighted by molar-refractivity contribution is 0.0697. The van der Waals surface area contributed by atoms with Crippen molar-refractivity contribution in [2.24, 2.45) is 0 Å². The molecular formula is C21H20F2N4O3S. The summed E-state index contributed by atoms with van der Waals surface area (Å²) in [5, 5.41) is 4.30. The number of aromatic nitrogens is 2. The Bertz CT molecular complexity index is 1220. The lowest BCUT2D eigenvalue weighted by Gasteiger charge is -2.34. The van der Waals surface area contributed by atoms with Gasteiger partial charge in [-0.15, -0.1) is 0 Å². The maximum absolute atomic E-state index is 14.0. The van der Waals surface area contributed by atoms with E-state index in [0.29, 0.717) is 17.3 Å². The first-order valence-electron chi connectivity index (χ1n) is 9.63. The summed E-state index contributed by atoms with van der Waals surface area (Å²) in [6, 6.07) is 11.7. The molecule has 1 fully saturated rings. The van der Waals surface area contributed by atoms with Gasteiger partial charge in [0.05, 0.1) is 23.1 Å². The van der Waals surface area contributed by atoms with Crippen molar-refractivity contribution in [2.45, 2.75) is 11.8 Å². The van der Waals surface area contributed by atoms with E-state index >= 15 is 0 Å². The molecule has 162 valence electrons. The fourth-order valence-corrected chi connectivity index (χ4v) is 5.06. The molecule has 0 bridgehead atoms. The Balaban J connectivity index is 1.49. The minimum Gasteiger partial charge on any atom is -0.336 e. The van der Waals surface area contributed by atoms with Gasteiger partial charge in [0.1, 0.15) is 16.5 Å². The molecule has 0 unspecified atom stereocenters. The smallest absolute Gasteiger partial charge is 0.257 e. The summed E-state index contributed by atoms with van der Waals surface area (Å²) in [7, 11) is -4.21. The molecule has 1 aliphatic rings. The summed E-state index contributed by atoms with van der Waals surface area (Å²) in [5.41, 5.74) is 1.93. The zero-order valence-corrected chi connectivity index (χ0v) is 17.5. The lowest BCUT2D eigenvalue weighted by Crippen LogP contribution is -2.50. The van der Waals surface area contributed by atoms with Crippen LogP contribution in [0.15, 0.2) is 59.6 Å². The van der Waals surface area contributed by atoms with Gasteiger partial charge < -0.3 is 4.90 Å². The van der Waals surface area contributed by atoms with Crippen LogP contribution in [-0.4, -0.2) is 59.5 Å². The Hall–Kier alpha value is -3.11. The van der Waals surface area contributed by atoms with Crippen LogP contribution in [0, 0.1) is 18.6 Å². The molecule has 31 heavy (non-hydrogen) atoms. The van der Waals surface area contributed by atoms with Gasteiger partial charge in [-0.2, -0.15) is 9.40 Å². The number of amides is 1. The predicted molar refractivity (Wildman–Crippen MR) is 109 cm³/mol. The number of hydrogen-bond donors (Lipinski definition) is 0. The topological polar surface area (TPSA) is 75.5 Å². The average Bonchev–Trinajstić information content (AvgIpc) is 3.16. The molecule has 1 saturated heterocycles. The van der Waals surface area contributed by atoms with Gasteiger partial charge >= 0.3 is 0 Å². The molecule has 1 aromatic heterocycles. The lowest BCUT2D eigenvalue weighted by atomic mass is 10.2. The van der Waals surface area contributed by atoms with E-state index in [1.165, 1.54) is 11.1 Å². The van der Waals surface area contributed by atoms with Crippen LogP contribution in [0.2, 0.25) is 0 Å². The normalized spacial score (nSPS) is 15.3. The molecular weight excluding hydrogens is 426 g/mol. The zero-order valence-electron chi connectivity index (χ0n) is 16.7. The van der Waals surface area contributed by atoms with Crippen LogP contribution < -0.4 is 0 Å². The largest absolute Gasteiger partial charge is 0.336 e. The fraction of sp³-hybridized carbons (Fsp3) is 0.238. The van der Waals surface area contributed by atoms with Crippen LogP contribution in [0.3, 0.4) is 0 Å². The highest BCUT2D eigenvalue weighted by Crippen LogP contribution is 2.23. The van der Waals surface area contributed by atoms with Gasteiger partial charge in [0.15, 0.2) is 0 Å². The van der Waals surface area contributed by atoms with E-state index < -0.39 is 26.6 Å². The summed E-state index contributed by atoms with van der Waals surface area (Å²) < 4.78 is 55.6.